The second-order valence-corrected chi connectivity index (χ2v) is 7.35. The Morgan fingerprint density at radius 1 is 1.13 bits per heavy atom. The zero-order valence-corrected chi connectivity index (χ0v) is 16.2. The van der Waals surface area contributed by atoms with Crippen LogP contribution in [0.25, 0.3) is 11.4 Å². The molecule has 1 fully saturated rings. The van der Waals surface area contributed by atoms with E-state index in [0.717, 1.165) is 29.7 Å². The molecule has 1 N–H and O–H groups in total. The average Bonchev–Trinajstić information content (AvgIpc) is 3.51. The summed E-state index contributed by atoms with van der Waals surface area (Å²) in [6, 6.07) is 10.2. The van der Waals surface area contributed by atoms with E-state index in [1.54, 1.807) is 0 Å². The van der Waals surface area contributed by atoms with E-state index in [1.165, 1.54) is 41.0 Å². The summed E-state index contributed by atoms with van der Waals surface area (Å²) < 4.78 is 54.2. The highest BCUT2D eigenvalue weighted by Gasteiger charge is 2.31. The summed E-state index contributed by atoms with van der Waals surface area (Å²) in [5.41, 5.74) is -0.432. The zero-order valence-electron chi connectivity index (χ0n) is 16.2. The van der Waals surface area contributed by atoms with Gasteiger partial charge in [0.25, 0.3) is 0 Å². The molecular weight excluding hydrogens is 416 g/mol. The molecule has 31 heavy (non-hydrogen) atoms. The van der Waals surface area contributed by atoms with Crippen LogP contribution in [0.1, 0.15) is 30.0 Å². The number of carbonyl (C=O) groups is 1. The fourth-order valence-electron chi connectivity index (χ4n) is 3.23. The van der Waals surface area contributed by atoms with Gasteiger partial charge in [-0.1, -0.05) is 12.1 Å². The molecule has 0 aliphatic heterocycles. The second kappa shape index (κ2) is 8.01. The van der Waals surface area contributed by atoms with Crippen molar-refractivity contribution in [1.82, 2.24) is 19.7 Å². The summed E-state index contributed by atoms with van der Waals surface area (Å²) in [6.45, 7) is -0.503. The van der Waals surface area contributed by atoms with E-state index in [1.807, 2.05) is 0 Å². The largest absolute Gasteiger partial charge is 0.416 e. The van der Waals surface area contributed by atoms with Crippen LogP contribution in [0.4, 0.5) is 17.6 Å². The van der Waals surface area contributed by atoms with E-state index in [9.17, 15) is 27.2 Å². The molecule has 10 heteroatoms. The standard InChI is InChI=1S/C21H18F4N4O2/c22-16-6-4-14(5-7-16)19-27-28(20(31)29(19)17-8-9-17)12-18(30)26-11-13-2-1-3-15(10-13)21(23,24)25/h1-7,10,17H,8-9,11-12H2,(H,26,30). The molecule has 0 bridgehead atoms. The number of aromatic nitrogens is 3. The van der Waals surface area contributed by atoms with Crippen LogP contribution in [0.5, 0.6) is 0 Å². The summed E-state index contributed by atoms with van der Waals surface area (Å²) in [5.74, 6) is -0.638. The molecule has 1 aliphatic rings. The number of alkyl halides is 3. The van der Waals surface area contributed by atoms with Gasteiger partial charge in [0.15, 0.2) is 5.82 Å². The van der Waals surface area contributed by atoms with E-state index in [4.69, 9.17) is 0 Å². The highest BCUT2D eigenvalue weighted by molar-refractivity contribution is 5.75. The van der Waals surface area contributed by atoms with E-state index >= 15 is 0 Å². The maximum atomic E-state index is 13.2. The van der Waals surface area contributed by atoms with Crippen molar-refractivity contribution in [3.8, 4) is 11.4 Å². The van der Waals surface area contributed by atoms with Crippen LogP contribution < -0.4 is 11.0 Å². The van der Waals surface area contributed by atoms with E-state index in [2.05, 4.69) is 10.4 Å². The molecule has 0 atom stereocenters. The summed E-state index contributed by atoms with van der Waals surface area (Å²) in [7, 11) is 0. The molecule has 1 saturated carbocycles. The van der Waals surface area contributed by atoms with Gasteiger partial charge in [0, 0.05) is 18.2 Å². The van der Waals surface area contributed by atoms with Gasteiger partial charge in [-0.2, -0.15) is 13.2 Å². The van der Waals surface area contributed by atoms with Crippen molar-refractivity contribution in [1.29, 1.82) is 0 Å². The predicted octanol–water partition coefficient (Wildman–Crippen LogP) is 3.52. The topological polar surface area (TPSA) is 68.9 Å². The number of hydrogen-bond donors (Lipinski definition) is 1. The smallest absolute Gasteiger partial charge is 0.350 e. The number of nitrogens with zero attached hydrogens (tertiary/aromatic N) is 3. The molecule has 1 amide bonds. The van der Waals surface area contributed by atoms with Crippen LogP contribution >= 0.6 is 0 Å². The molecule has 0 unspecified atom stereocenters. The summed E-state index contributed by atoms with van der Waals surface area (Å²) >= 11 is 0. The quantitative estimate of drug-likeness (QED) is 0.604. The van der Waals surface area contributed by atoms with Crippen molar-refractivity contribution < 1.29 is 22.4 Å². The normalized spacial score (nSPS) is 13.9. The Morgan fingerprint density at radius 3 is 2.48 bits per heavy atom. The first-order chi connectivity index (χ1) is 14.7. The van der Waals surface area contributed by atoms with Gasteiger partial charge in [-0.05, 0) is 54.8 Å². The fraction of sp³-hybridized carbons (Fsp3) is 0.286. The minimum absolute atomic E-state index is 0.0190. The molecule has 0 radical (unpaired) electrons. The molecule has 0 saturated heterocycles. The van der Waals surface area contributed by atoms with Gasteiger partial charge in [-0.3, -0.25) is 9.36 Å². The van der Waals surface area contributed by atoms with Crippen LogP contribution in [-0.4, -0.2) is 20.3 Å². The molecule has 1 aliphatic carbocycles. The van der Waals surface area contributed by atoms with Gasteiger partial charge in [0.1, 0.15) is 12.4 Å². The Morgan fingerprint density at radius 2 is 1.84 bits per heavy atom. The maximum absolute atomic E-state index is 13.2. The molecule has 1 aromatic heterocycles. The summed E-state index contributed by atoms with van der Waals surface area (Å²) in [6.07, 6.45) is -2.86. The van der Waals surface area contributed by atoms with Crippen LogP contribution in [0, 0.1) is 5.82 Å². The predicted molar refractivity (Wildman–Crippen MR) is 103 cm³/mol. The van der Waals surface area contributed by atoms with E-state index in [-0.39, 0.29) is 24.7 Å². The lowest BCUT2D eigenvalue weighted by Crippen LogP contribution is -2.33. The van der Waals surface area contributed by atoms with Crippen LogP contribution in [0.15, 0.2) is 53.3 Å². The minimum Gasteiger partial charge on any atom is -0.350 e. The number of rotatable bonds is 6. The Balaban J connectivity index is 1.49. The molecule has 0 spiro atoms. The van der Waals surface area contributed by atoms with Gasteiger partial charge in [0.05, 0.1) is 5.56 Å². The molecule has 4 rings (SSSR count). The summed E-state index contributed by atoms with van der Waals surface area (Å²) in [5, 5.41) is 6.76. The zero-order chi connectivity index (χ0) is 22.2. The Hall–Kier alpha value is -3.43. The number of benzene rings is 2. The van der Waals surface area contributed by atoms with Crippen molar-refractivity contribution in [3.05, 3.63) is 76.0 Å². The average molecular weight is 434 g/mol. The van der Waals surface area contributed by atoms with Crippen molar-refractivity contribution in [2.45, 2.75) is 38.1 Å². The van der Waals surface area contributed by atoms with Crippen molar-refractivity contribution in [3.63, 3.8) is 0 Å². The molecule has 1 heterocycles. The van der Waals surface area contributed by atoms with E-state index < -0.39 is 29.2 Å². The third-order valence-electron chi connectivity index (χ3n) is 4.92. The van der Waals surface area contributed by atoms with Gasteiger partial charge < -0.3 is 5.32 Å². The number of carbonyl (C=O) groups excluding carboxylic acids is 1. The van der Waals surface area contributed by atoms with Crippen molar-refractivity contribution in [2.75, 3.05) is 0 Å². The monoisotopic (exact) mass is 434 g/mol. The third-order valence-corrected chi connectivity index (χ3v) is 4.92. The van der Waals surface area contributed by atoms with Gasteiger partial charge >= 0.3 is 11.9 Å². The Bertz CT molecular complexity index is 1160. The Labute approximate surface area is 174 Å². The number of nitrogens with one attached hydrogen (secondary N) is 1. The van der Waals surface area contributed by atoms with Crippen LogP contribution in [0.3, 0.4) is 0 Å². The number of halogens is 4. The molecule has 162 valence electrons. The Kier molecular flexibility index (Phi) is 5.38. The number of hydrogen-bond acceptors (Lipinski definition) is 3. The lowest BCUT2D eigenvalue weighted by molar-refractivity contribution is -0.137. The highest BCUT2D eigenvalue weighted by atomic mass is 19.4. The lowest BCUT2D eigenvalue weighted by atomic mass is 10.1. The van der Waals surface area contributed by atoms with E-state index in [0.29, 0.717) is 11.4 Å². The first-order valence-corrected chi connectivity index (χ1v) is 9.60. The van der Waals surface area contributed by atoms with Crippen molar-refractivity contribution >= 4 is 5.91 Å². The fourth-order valence-corrected chi connectivity index (χ4v) is 3.23. The summed E-state index contributed by atoms with van der Waals surface area (Å²) in [4.78, 5) is 25.1. The van der Waals surface area contributed by atoms with Gasteiger partial charge in [-0.15, -0.1) is 5.10 Å². The van der Waals surface area contributed by atoms with Crippen molar-refractivity contribution in [2.24, 2.45) is 0 Å². The van der Waals surface area contributed by atoms with Crippen LogP contribution in [0.2, 0.25) is 0 Å². The molecule has 3 aromatic rings. The third kappa shape index (κ3) is 4.68. The highest BCUT2D eigenvalue weighted by Crippen LogP contribution is 2.36. The minimum atomic E-state index is -4.47. The van der Waals surface area contributed by atoms with Gasteiger partial charge in [0.2, 0.25) is 5.91 Å². The number of amides is 1. The lowest BCUT2D eigenvalue weighted by Gasteiger charge is -2.09. The first-order valence-electron chi connectivity index (χ1n) is 9.60. The molecule has 2 aromatic carbocycles. The molecular formula is C21H18F4N4O2. The SMILES string of the molecule is O=C(Cn1nc(-c2ccc(F)cc2)n(C2CC2)c1=O)NCc1cccc(C(F)(F)F)c1. The maximum Gasteiger partial charge on any atom is 0.416 e. The van der Waals surface area contributed by atoms with Gasteiger partial charge in [-0.25, -0.2) is 13.9 Å². The molecule has 6 nitrogen and oxygen atoms in total. The first kappa shape index (κ1) is 20.8. The van der Waals surface area contributed by atoms with Crippen LogP contribution in [-0.2, 0) is 24.1 Å². The second-order valence-electron chi connectivity index (χ2n) is 7.35.